The number of hydrogen-bond acceptors (Lipinski definition) is 3. The SMILES string of the molecule is Cc1cc(C)cc(C(O)c2ccc3c(c2)OCO3)c1. The first-order valence-electron chi connectivity index (χ1n) is 6.29. The van der Waals surface area contributed by atoms with Gasteiger partial charge in [0, 0.05) is 0 Å². The van der Waals surface area contributed by atoms with Gasteiger partial charge in [0.1, 0.15) is 6.10 Å². The highest BCUT2D eigenvalue weighted by Gasteiger charge is 2.17. The van der Waals surface area contributed by atoms with Gasteiger partial charge < -0.3 is 14.6 Å². The molecule has 1 heterocycles. The molecule has 1 N–H and O–H groups in total. The van der Waals surface area contributed by atoms with Gasteiger partial charge in [0.05, 0.1) is 0 Å². The van der Waals surface area contributed by atoms with Crippen LogP contribution in [0.15, 0.2) is 36.4 Å². The summed E-state index contributed by atoms with van der Waals surface area (Å²) in [6.45, 7) is 4.31. The van der Waals surface area contributed by atoms with Crippen molar-refractivity contribution in [2.24, 2.45) is 0 Å². The van der Waals surface area contributed by atoms with Crippen LogP contribution in [0.1, 0.15) is 28.4 Å². The largest absolute Gasteiger partial charge is 0.454 e. The lowest BCUT2D eigenvalue weighted by atomic mass is 9.98. The van der Waals surface area contributed by atoms with E-state index in [0.717, 1.165) is 28.0 Å². The minimum Gasteiger partial charge on any atom is -0.454 e. The zero-order valence-corrected chi connectivity index (χ0v) is 11.0. The Morgan fingerprint density at radius 3 is 2.32 bits per heavy atom. The standard InChI is InChI=1S/C16H16O3/c1-10-5-11(2)7-13(6-10)16(17)12-3-4-14-15(8-12)19-9-18-14/h3-8,16-17H,9H2,1-2H3. The van der Waals surface area contributed by atoms with Crippen molar-refractivity contribution >= 4 is 0 Å². The molecule has 0 spiro atoms. The summed E-state index contributed by atoms with van der Waals surface area (Å²) in [5.41, 5.74) is 4.01. The number of aliphatic hydroxyl groups is 1. The first-order chi connectivity index (χ1) is 9.13. The summed E-state index contributed by atoms with van der Waals surface area (Å²) < 4.78 is 10.6. The van der Waals surface area contributed by atoms with E-state index in [1.807, 2.05) is 44.2 Å². The predicted molar refractivity (Wildman–Crippen MR) is 72.5 cm³/mol. The molecule has 0 fully saturated rings. The predicted octanol–water partition coefficient (Wildman–Crippen LogP) is 3.11. The Bertz CT molecular complexity index is 599. The fourth-order valence-corrected chi connectivity index (χ4v) is 2.44. The number of hydrogen-bond donors (Lipinski definition) is 1. The zero-order valence-electron chi connectivity index (χ0n) is 11.0. The van der Waals surface area contributed by atoms with E-state index < -0.39 is 6.10 Å². The van der Waals surface area contributed by atoms with Crippen molar-refractivity contribution in [3.8, 4) is 11.5 Å². The van der Waals surface area contributed by atoms with Crippen molar-refractivity contribution in [1.29, 1.82) is 0 Å². The van der Waals surface area contributed by atoms with Gasteiger partial charge in [0.2, 0.25) is 6.79 Å². The van der Waals surface area contributed by atoms with Crippen LogP contribution in [0.2, 0.25) is 0 Å². The minimum absolute atomic E-state index is 0.248. The first-order valence-corrected chi connectivity index (χ1v) is 6.29. The second kappa shape index (κ2) is 4.59. The Morgan fingerprint density at radius 1 is 0.895 bits per heavy atom. The van der Waals surface area contributed by atoms with Crippen LogP contribution in [0.25, 0.3) is 0 Å². The van der Waals surface area contributed by atoms with Crippen molar-refractivity contribution in [3.05, 3.63) is 58.7 Å². The molecule has 1 aliphatic heterocycles. The van der Waals surface area contributed by atoms with E-state index in [-0.39, 0.29) is 6.79 Å². The van der Waals surface area contributed by atoms with E-state index in [2.05, 4.69) is 6.07 Å². The number of fused-ring (bicyclic) bond motifs is 1. The molecule has 1 atom stereocenters. The van der Waals surface area contributed by atoms with Gasteiger partial charge in [0.25, 0.3) is 0 Å². The average molecular weight is 256 g/mol. The van der Waals surface area contributed by atoms with E-state index >= 15 is 0 Å². The number of benzene rings is 2. The van der Waals surface area contributed by atoms with Crippen molar-refractivity contribution in [2.45, 2.75) is 20.0 Å². The van der Waals surface area contributed by atoms with Crippen LogP contribution in [0, 0.1) is 13.8 Å². The highest BCUT2D eigenvalue weighted by molar-refractivity contribution is 5.47. The molecule has 19 heavy (non-hydrogen) atoms. The summed E-state index contributed by atoms with van der Waals surface area (Å²) >= 11 is 0. The fourth-order valence-electron chi connectivity index (χ4n) is 2.44. The lowest BCUT2D eigenvalue weighted by Crippen LogP contribution is -2.00. The second-order valence-corrected chi connectivity index (χ2v) is 4.94. The van der Waals surface area contributed by atoms with Gasteiger partial charge in [-0.1, -0.05) is 35.4 Å². The third kappa shape index (κ3) is 2.29. The summed E-state index contributed by atoms with van der Waals surface area (Å²) in [4.78, 5) is 0. The van der Waals surface area contributed by atoms with Crippen LogP contribution in [-0.2, 0) is 0 Å². The van der Waals surface area contributed by atoms with Crippen molar-refractivity contribution < 1.29 is 14.6 Å². The van der Waals surface area contributed by atoms with E-state index in [1.54, 1.807) is 0 Å². The summed E-state index contributed by atoms with van der Waals surface area (Å²) in [5.74, 6) is 1.43. The van der Waals surface area contributed by atoms with E-state index in [9.17, 15) is 5.11 Å². The lowest BCUT2D eigenvalue weighted by Gasteiger charge is -2.13. The van der Waals surface area contributed by atoms with Crippen LogP contribution < -0.4 is 9.47 Å². The average Bonchev–Trinajstić information content (AvgIpc) is 2.83. The van der Waals surface area contributed by atoms with Gasteiger partial charge in [-0.2, -0.15) is 0 Å². The third-order valence-electron chi connectivity index (χ3n) is 3.27. The summed E-state index contributed by atoms with van der Waals surface area (Å²) in [7, 11) is 0. The van der Waals surface area contributed by atoms with Crippen LogP contribution >= 0.6 is 0 Å². The molecular weight excluding hydrogens is 240 g/mol. The van der Waals surface area contributed by atoms with Crippen molar-refractivity contribution in [1.82, 2.24) is 0 Å². The van der Waals surface area contributed by atoms with E-state index in [0.29, 0.717) is 5.75 Å². The molecule has 1 unspecified atom stereocenters. The van der Waals surface area contributed by atoms with E-state index in [1.165, 1.54) is 0 Å². The summed E-state index contributed by atoms with van der Waals surface area (Å²) in [5, 5.41) is 10.5. The van der Waals surface area contributed by atoms with Gasteiger partial charge in [-0.25, -0.2) is 0 Å². The Labute approximate surface area is 112 Å². The molecule has 2 aromatic rings. The molecular formula is C16H16O3. The number of rotatable bonds is 2. The molecule has 0 aliphatic carbocycles. The maximum atomic E-state index is 10.5. The maximum Gasteiger partial charge on any atom is 0.231 e. The first kappa shape index (κ1) is 12.1. The Balaban J connectivity index is 1.97. The molecule has 0 radical (unpaired) electrons. The normalized spacial score (nSPS) is 14.5. The highest BCUT2D eigenvalue weighted by atomic mass is 16.7. The molecule has 0 saturated carbocycles. The fraction of sp³-hybridized carbons (Fsp3) is 0.250. The van der Waals surface area contributed by atoms with Crippen LogP contribution in [-0.4, -0.2) is 11.9 Å². The van der Waals surface area contributed by atoms with Crippen LogP contribution in [0.3, 0.4) is 0 Å². The molecule has 3 rings (SSSR count). The van der Waals surface area contributed by atoms with Gasteiger partial charge in [0.15, 0.2) is 11.5 Å². The molecule has 3 nitrogen and oxygen atoms in total. The number of ether oxygens (including phenoxy) is 2. The van der Waals surface area contributed by atoms with Crippen molar-refractivity contribution in [3.63, 3.8) is 0 Å². The number of aryl methyl sites for hydroxylation is 2. The lowest BCUT2D eigenvalue weighted by molar-refractivity contribution is 0.173. The molecule has 0 amide bonds. The van der Waals surface area contributed by atoms with Gasteiger partial charge >= 0.3 is 0 Å². The minimum atomic E-state index is -0.645. The molecule has 1 aliphatic rings. The van der Waals surface area contributed by atoms with Gasteiger partial charge in [-0.15, -0.1) is 0 Å². The number of aliphatic hydroxyl groups excluding tert-OH is 1. The van der Waals surface area contributed by atoms with Crippen LogP contribution in [0.5, 0.6) is 11.5 Å². The van der Waals surface area contributed by atoms with Crippen molar-refractivity contribution in [2.75, 3.05) is 6.79 Å². The second-order valence-electron chi connectivity index (χ2n) is 4.94. The molecule has 3 heteroatoms. The Hall–Kier alpha value is -2.00. The smallest absolute Gasteiger partial charge is 0.231 e. The van der Waals surface area contributed by atoms with Gasteiger partial charge in [-0.05, 0) is 37.1 Å². The molecule has 0 saturated heterocycles. The highest BCUT2D eigenvalue weighted by Crippen LogP contribution is 2.35. The molecule has 0 bridgehead atoms. The molecule has 98 valence electrons. The Kier molecular flexibility index (Phi) is 2.91. The summed E-state index contributed by atoms with van der Waals surface area (Å²) in [6.07, 6.45) is -0.645. The van der Waals surface area contributed by atoms with E-state index in [4.69, 9.17) is 9.47 Å². The quantitative estimate of drug-likeness (QED) is 0.897. The molecule has 0 aromatic heterocycles. The zero-order chi connectivity index (χ0) is 13.4. The third-order valence-corrected chi connectivity index (χ3v) is 3.27. The van der Waals surface area contributed by atoms with Gasteiger partial charge in [-0.3, -0.25) is 0 Å². The summed E-state index contributed by atoms with van der Waals surface area (Å²) in [6, 6.07) is 11.6. The topological polar surface area (TPSA) is 38.7 Å². The Morgan fingerprint density at radius 2 is 1.58 bits per heavy atom. The van der Waals surface area contributed by atoms with Crippen LogP contribution in [0.4, 0.5) is 0 Å². The molecule has 2 aromatic carbocycles. The monoisotopic (exact) mass is 256 g/mol. The maximum absolute atomic E-state index is 10.5.